The topological polar surface area (TPSA) is 82.2 Å². The quantitative estimate of drug-likeness (QED) is 0.364. The van der Waals surface area contributed by atoms with Gasteiger partial charge in [0.1, 0.15) is 18.3 Å². The fraction of sp³-hybridized carbons (Fsp3) is 0.800. The lowest BCUT2D eigenvalue weighted by molar-refractivity contribution is -0.184. The summed E-state index contributed by atoms with van der Waals surface area (Å²) in [6, 6.07) is 0. The first-order valence-electron chi connectivity index (χ1n) is 7.49. The van der Waals surface area contributed by atoms with Crippen LogP contribution in [0.15, 0.2) is 0 Å². The molecule has 0 aromatic heterocycles. The van der Waals surface area contributed by atoms with E-state index in [9.17, 15) is 14.4 Å². The smallest absolute Gasteiger partial charge is 0.375 e. The Morgan fingerprint density at radius 3 is 2.76 bits per heavy atom. The minimum atomic E-state index is -1.01. The summed E-state index contributed by atoms with van der Waals surface area (Å²) in [5, 5.41) is 0. The Hall–Kier alpha value is -1.43. The van der Waals surface area contributed by atoms with Crippen LogP contribution in [0.25, 0.3) is 0 Å². The zero-order chi connectivity index (χ0) is 14.8. The van der Waals surface area contributed by atoms with Crippen LogP contribution in [0.3, 0.4) is 0 Å². The summed E-state index contributed by atoms with van der Waals surface area (Å²) in [7, 11) is 0. The van der Waals surface area contributed by atoms with Crippen molar-refractivity contribution in [1.82, 2.24) is 0 Å². The van der Waals surface area contributed by atoms with E-state index in [4.69, 9.17) is 14.2 Å². The standard InChI is InChI=1S/C15H16O6/c1-7-3-4-14-12(2)6-19-11(18)15(12)8(20-15)5-13(7,14)9(16)10(17)21-14/h7-8H,3-6H2,1-2H3/t7-,8+,12+,13+,14-,15-/m1/s1. The van der Waals surface area contributed by atoms with Gasteiger partial charge in [-0.3, -0.25) is 4.79 Å². The first kappa shape index (κ1) is 12.1. The zero-order valence-electron chi connectivity index (χ0n) is 11.9. The maximum atomic E-state index is 12.7. The number of rotatable bonds is 0. The molecule has 5 fully saturated rings. The molecule has 0 radical (unpaired) electrons. The number of ether oxygens (including phenoxy) is 3. The van der Waals surface area contributed by atoms with Gasteiger partial charge in [-0.1, -0.05) is 6.92 Å². The van der Waals surface area contributed by atoms with Gasteiger partial charge in [-0.15, -0.1) is 0 Å². The molecule has 0 N–H and O–H groups in total. The average Bonchev–Trinajstić information content (AvgIpc) is 2.97. The normalized spacial score (nSPS) is 59.8. The minimum Gasteiger partial charge on any atom is -0.463 e. The molecule has 6 heteroatoms. The SMILES string of the molecule is C[C@@H]1CC[C@]23OC(=O)C(=O)[C@]12C[C@@H]1O[C@@]12C(=O)OC[C@@]32C. The number of ketones is 1. The molecule has 0 amide bonds. The summed E-state index contributed by atoms with van der Waals surface area (Å²) in [6.07, 6.45) is 1.47. The van der Waals surface area contributed by atoms with Crippen LogP contribution in [0, 0.1) is 16.7 Å². The van der Waals surface area contributed by atoms with Gasteiger partial charge in [-0.05, 0) is 32.1 Å². The van der Waals surface area contributed by atoms with E-state index >= 15 is 0 Å². The number of carbonyl (C=O) groups excluding carboxylic acids is 3. The molecule has 112 valence electrons. The Labute approximate surface area is 121 Å². The molecule has 5 rings (SSSR count). The van der Waals surface area contributed by atoms with E-state index in [0.717, 1.165) is 6.42 Å². The third kappa shape index (κ3) is 0.826. The van der Waals surface area contributed by atoms with Crippen LogP contribution >= 0.6 is 0 Å². The minimum absolute atomic E-state index is 0.0474. The summed E-state index contributed by atoms with van der Waals surface area (Å²) in [4.78, 5) is 37.0. The molecule has 0 aromatic carbocycles. The highest BCUT2D eigenvalue weighted by Gasteiger charge is 2.94. The molecule has 3 aliphatic heterocycles. The van der Waals surface area contributed by atoms with E-state index in [-0.39, 0.29) is 24.6 Å². The van der Waals surface area contributed by atoms with Crippen molar-refractivity contribution < 1.29 is 28.6 Å². The van der Waals surface area contributed by atoms with E-state index in [0.29, 0.717) is 12.8 Å². The first-order valence-corrected chi connectivity index (χ1v) is 7.49. The summed E-state index contributed by atoms with van der Waals surface area (Å²) in [5.41, 5.74) is -3.58. The monoisotopic (exact) mass is 292 g/mol. The predicted molar refractivity (Wildman–Crippen MR) is 65.9 cm³/mol. The average molecular weight is 292 g/mol. The number of carbonyl (C=O) groups is 3. The van der Waals surface area contributed by atoms with Crippen molar-refractivity contribution in [3.05, 3.63) is 0 Å². The van der Waals surface area contributed by atoms with Crippen molar-refractivity contribution in [2.24, 2.45) is 16.7 Å². The molecule has 0 unspecified atom stereocenters. The summed E-state index contributed by atoms with van der Waals surface area (Å²) >= 11 is 0. The second kappa shape index (κ2) is 2.89. The molecule has 0 bridgehead atoms. The molecule has 1 spiro atoms. The maximum Gasteiger partial charge on any atom is 0.375 e. The Balaban J connectivity index is 1.82. The molecule has 3 heterocycles. The van der Waals surface area contributed by atoms with E-state index in [1.165, 1.54) is 0 Å². The predicted octanol–water partition coefficient (Wildman–Crippen LogP) is 0.372. The van der Waals surface area contributed by atoms with Gasteiger partial charge in [0.15, 0.2) is 0 Å². The molecule has 21 heavy (non-hydrogen) atoms. The fourth-order valence-electron chi connectivity index (χ4n) is 5.96. The molecular weight excluding hydrogens is 276 g/mol. The number of esters is 2. The van der Waals surface area contributed by atoms with Crippen molar-refractivity contribution in [2.45, 2.75) is 50.4 Å². The molecular formula is C15H16O6. The van der Waals surface area contributed by atoms with Crippen molar-refractivity contribution in [2.75, 3.05) is 6.61 Å². The lowest BCUT2D eigenvalue weighted by Crippen LogP contribution is -2.66. The van der Waals surface area contributed by atoms with Gasteiger partial charge in [-0.25, -0.2) is 9.59 Å². The number of hydrogen-bond acceptors (Lipinski definition) is 6. The highest BCUT2D eigenvalue weighted by atomic mass is 16.7. The van der Waals surface area contributed by atoms with Crippen LogP contribution < -0.4 is 0 Å². The maximum absolute atomic E-state index is 12.7. The fourth-order valence-corrected chi connectivity index (χ4v) is 5.96. The number of epoxide rings is 1. The van der Waals surface area contributed by atoms with Crippen molar-refractivity contribution in [3.63, 3.8) is 0 Å². The van der Waals surface area contributed by atoms with Crippen LogP contribution in [0.4, 0.5) is 0 Å². The van der Waals surface area contributed by atoms with Gasteiger partial charge in [0, 0.05) is 0 Å². The number of cyclic esters (lactones) is 1. The second-order valence-electron chi connectivity index (χ2n) is 7.41. The third-order valence-electron chi connectivity index (χ3n) is 7.09. The van der Waals surface area contributed by atoms with Crippen molar-refractivity contribution in [1.29, 1.82) is 0 Å². The number of Topliss-reactive ketones (excluding diaryl/α,β-unsaturated/α-hetero) is 1. The third-order valence-corrected chi connectivity index (χ3v) is 7.09. The highest BCUT2D eigenvalue weighted by molar-refractivity contribution is 6.38. The Morgan fingerprint density at radius 2 is 2.00 bits per heavy atom. The Morgan fingerprint density at radius 1 is 1.24 bits per heavy atom. The van der Waals surface area contributed by atoms with Gasteiger partial charge in [0.25, 0.3) is 5.78 Å². The summed E-state index contributed by atoms with van der Waals surface area (Å²) < 4.78 is 16.8. The van der Waals surface area contributed by atoms with E-state index in [1.54, 1.807) is 0 Å². The highest BCUT2D eigenvalue weighted by Crippen LogP contribution is 2.78. The molecule has 5 aliphatic rings. The molecule has 0 aromatic rings. The molecule has 6 nitrogen and oxygen atoms in total. The van der Waals surface area contributed by atoms with E-state index in [1.807, 2.05) is 13.8 Å². The molecule has 2 aliphatic carbocycles. The van der Waals surface area contributed by atoms with E-state index < -0.39 is 33.8 Å². The molecule has 3 saturated heterocycles. The first-order chi connectivity index (χ1) is 9.86. The van der Waals surface area contributed by atoms with Gasteiger partial charge in [0.2, 0.25) is 5.60 Å². The number of hydrogen-bond donors (Lipinski definition) is 0. The zero-order valence-corrected chi connectivity index (χ0v) is 11.9. The van der Waals surface area contributed by atoms with E-state index in [2.05, 4.69) is 0 Å². The van der Waals surface area contributed by atoms with Gasteiger partial charge in [-0.2, -0.15) is 0 Å². The lowest BCUT2D eigenvalue weighted by atomic mass is 9.48. The van der Waals surface area contributed by atoms with Crippen LogP contribution in [0.5, 0.6) is 0 Å². The van der Waals surface area contributed by atoms with Crippen LogP contribution in [-0.2, 0) is 28.6 Å². The van der Waals surface area contributed by atoms with Gasteiger partial charge < -0.3 is 14.2 Å². The van der Waals surface area contributed by atoms with Crippen molar-refractivity contribution in [3.8, 4) is 0 Å². The molecule has 2 saturated carbocycles. The summed E-state index contributed by atoms with van der Waals surface area (Å²) in [6.45, 7) is 4.03. The largest absolute Gasteiger partial charge is 0.463 e. The second-order valence-corrected chi connectivity index (χ2v) is 7.41. The van der Waals surface area contributed by atoms with Crippen LogP contribution in [0.2, 0.25) is 0 Å². The molecule has 6 atom stereocenters. The van der Waals surface area contributed by atoms with Crippen molar-refractivity contribution >= 4 is 17.7 Å². The Bertz CT molecular complexity index is 642. The van der Waals surface area contributed by atoms with Crippen LogP contribution in [-0.4, -0.2) is 41.6 Å². The Kier molecular flexibility index (Phi) is 1.67. The van der Waals surface area contributed by atoms with Crippen LogP contribution in [0.1, 0.15) is 33.1 Å². The van der Waals surface area contributed by atoms with Gasteiger partial charge in [0.05, 0.1) is 10.8 Å². The lowest BCUT2D eigenvalue weighted by Gasteiger charge is -2.51. The van der Waals surface area contributed by atoms with Gasteiger partial charge >= 0.3 is 11.9 Å². The summed E-state index contributed by atoms with van der Waals surface area (Å²) in [5.74, 6) is -1.50.